The molecule has 0 aromatic carbocycles. The lowest BCUT2D eigenvalue weighted by Crippen LogP contribution is -2.07. The van der Waals surface area contributed by atoms with Crippen LogP contribution in [0.25, 0.3) is 0 Å². The molecule has 8 nitrogen and oxygen atoms in total. The van der Waals surface area contributed by atoms with Crippen molar-refractivity contribution in [3.63, 3.8) is 0 Å². The number of rotatable bonds is 4. The van der Waals surface area contributed by atoms with E-state index in [-0.39, 0.29) is 5.00 Å². The van der Waals surface area contributed by atoms with Crippen LogP contribution in [0.2, 0.25) is 0 Å². The normalized spacial score (nSPS) is 10.4. The number of carbonyl (C=O) groups excluding carboxylic acids is 1. The first-order valence-corrected chi connectivity index (χ1v) is 6.54. The number of esters is 1. The summed E-state index contributed by atoms with van der Waals surface area (Å²) in [5, 5.41) is 11.0. The van der Waals surface area contributed by atoms with Crippen molar-refractivity contribution in [3.05, 3.63) is 28.2 Å². The summed E-state index contributed by atoms with van der Waals surface area (Å²) < 4.78 is 6.63. The molecular weight excluding hydrogens is 292 g/mol. The Morgan fingerprint density at radius 1 is 1.53 bits per heavy atom. The van der Waals surface area contributed by atoms with Gasteiger partial charge in [-0.25, -0.2) is 14.8 Å². The van der Waals surface area contributed by atoms with Crippen LogP contribution in [0.4, 0.5) is 5.00 Å². The molecule has 0 aliphatic rings. The summed E-state index contributed by atoms with van der Waals surface area (Å²) in [6.45, 7) is 0. The van der Waals surface area contributed by atoms with E-state index in [4.69, 9.17) is 0 Å². The van der Waals surface area contributed by atoms with Gasteiger partial charge in [-0.3, -0.25) is 10.1 Å². The summed E-state index contributed by atoms with van der Waals surface area (Å²) in [4.78, 5) is 29.4. The van der Waals surface area contributed by atoms with Crippen LogP contribution in [0, 0.1) is 10.1 Å². The number of ether oxygens (including phenoxy) is 1. The molecule has 0 radical (unpaired) electrons. The van der Waals surface area contributed by atoms with Crippen LogP contribution in [-0.4, -0.2) is 32.5 Å². The predicted octanol–water partition coefficient (Wildman–Crippen LogP) is 1.72. The third-order valence-corrected chi connectivity index (χ3v) is 4.26. The minimum atomic E-state index is -0.500. The summed E-state index contributed by atoms with van der Waals surface area (Å²) in [5.74, 6) is -0.494. The second-order valence-corrected chi connectivity index (χ2v) is 5.52. The van der Waals surface area contributed by atoms with E-state index in [0.717, 1.165) is 23.1 Å². The highest BCUT2D eigenvalue weighted by atomic mass is 32.2. The molecule has 2 aromatic rings. The molecule has 0 atom stereocenters. The highest BCUT2D eigenvalue weighted by Gasteiger charge is 2.18. The third kappa shape index (κ3) is 2.74. The number of imidazole rings is 1. The zero-order chi connectivity index (χ0) is 14.0. The maximum atomic E-state index is 11.4. The molecule has 0 saturated carbocycles. The van der Waals surface area contributed by atoms with Gasteiger partial charge < -0.3 is 9.30 Å². The van der Waals surface area contributed by atoms with Crippen molar-refractivity contribution < 1.29 is 14.5 Å². The maximum Gasteiger partial charge on any atom is 0.356 e. The molecular formula is C9H8N4O4S2. The Bertz CT molecular complexity index is 636. The first-order valence-electron chi connectivity index (χ1n) is 4.91. The zero-order valence-corrected chi connectivity index (χ0v) is 11.5. The van der Waals surface area contributed by atoms with Gasteiger partial charge in [0.05, 0.1) is 18.2 Å². The molecule has 0 aliphatic carbocycles. The van der Waals surface area contributed by atoms with E-state index >= 15 is 0 Å². The third-order valence-electron chi connectivity index (χ3n) is 2.17. The summed E-state index contributed by atoms with van der Waals surface area (Å²) in [6.07, 6.45) is 2.58. The highest BCUT2D eigenvalue weighted by molar-refractivity contribution is 8.00. The molecule has 2 rings (SSSR count). The first kappa shape index (κ1) is 13.5. The Morgan fingerprint density at radius 2 is 2.26 bits per heavy atom. The number of hydrogen-bond donors (Lipinski definition) is 0. The quantitative estimate of drug-likeness (QED) is 0.481. The molecule has 10 heteroatoms. The molecule has 0 aliphatic heterocycles. The lowest BCUT2D eigenvalue weighted by Gasteiger charge is -2.01. The smallest absolute Gasteiger partial charge is 0.356 e. The second-order valence-electron chi connectivity index (χ2n) is 3.30. The van der Waals surface area contributed by atoms with Gasteiger partial charge in [0.15, 0.2) is 9.50 Å². The van der Waals surface area contributed by atoms with Crippen LogP contribution in [0.3, 0.4) is 0 Å². The van der Waals surface area contributed by atoms with E-state index in [9.17, 15) is 14.9 Å². The number of nitro groups is 1. The van der Waals surface area contributed by atoms with E-state index in [2.05, 4.69) is 14.7 Å². The summed E-state index contributed by atoms with van der Waals surface area (Å²) in [6, 6.07) is 0. The van der Waals surface area contributed by atoms with Crippen LogP contribution in [0.1, 0.15) is 10.5 Å². The molecule has 0 unspecified atom stereocenters. The molecule has 19 heavy (non-hydrogen) atoms. The lowest BCUT2D eigenvalue weighted by molar-refractivity contribution is -0.380. The molecule has 0 N–H and O–H groups in total. The van der Waals surface area contributed by atoms with Gasteiger partial charge in [-0.15, -0.1) is 0 Å². The van der Waals surface area contributed by atoms with Crippen molar-refractivity contribution in [2.24, 2.45) is 7.05 Å². The van der Waals surface area contributed by atoms with Crippen molar-refractivity contribution in [1.29, 1.82) is 0 Å². The molecule has 0 saturated heterocycles. The van der Waals surface area contributed by atoms with Crippen LogP contribution in [-0.2, 0) is 11.8 Å². The fraction of sp³-hybridized carbons (Fsp3) is 0.222. The number of thiazole rings is 1. The molecule has 2 aromatic heterocycles. The fourth-order valence-electron chi connectivity index (χ4n) is 1.24. The Morgan fingerprint density at radius 3 is 2.84 bits per heavy atom. The molecule has 2 heterocycles. The van der Waals surface area contributed by atoms with E-state index in [1.54, 1.807) is 11.6 Å². The molecule has 0 amide bonds. The molecule has 0 spiro atoms. The maximum absolute atomic E-state index is 11.4. The van der Waals surface area contributed by atoms with Crippen molar-refractivity contribution >= 4 is 34.1 Å². The molecule has 0 bridgehead atoms. The highest BCUT2D eigenvalue weighted by Crippen LogP contribution is 2.33. The molecule has 100 valence electrons. The van der Waals surface area contributed by atoms with Crippen molar-refractivity contribution in [3.8, 4) is 0 Å². The minimum absolute atomic E-state index is 0.0371. The van der Waals surface area contributed by atoms with Crippen LogP contribution < -0.4 is 0 Å². The van der Waals surface area contributed by atoms with E-state index in [1.807, 2.05) is 0 Å². The van der Waals surface area contributed by atoms with Gasteiger partial charge in [0.1, 0.15) is 11.9 Å². The average molecular weight is 300 g/mol. The van der Waals surface area contributed by atoms with Gasteiger partial charge in [-0.2, -0.15) is 0 Å². The molecule has 0 fully saturated rings. The predicted molar refractivity (Wildman–Crippen MR) is 67.4 cm³/mol. The van der Waals surface area contributed by atoms with Gasteiger partial charge in [0, 0.05) is 7.05 Å². The minimum Gasteiger partial charge on any atom is -0.464 e. The van der Waals surface area contributed by atoms with Gasteiger partial charge in [0.2, 0.25) is 0 Å². The number of hydrogen-bond acceptors (Lipinski definition) is 8. The zero-order valence-electron chi connectivity index (χ0n) is 9.89. The van der Waals surface area contributed by atoms with E-state index < -0.39 is 10.9 Å². The van der Waals surface area contributed by atoms with Crippen LogP contribution >= 0.6 is 23.1 Å². The lowest BCUT2D eigenvalue weighted by atomic mass is 10.5. The Balaban J connectivity index is 2.21. The summed E-state index contributed by atoms with van der Waals surface area (Å²) in [7, 11) is 2.94. The second kappa shape index (κ2) is 5.36. The summed E-state index contributed by atoms with van der Waals surface area (Å²) in [5.41, 5.74) is 0.302. The Hall–Kier alpha value is -1.94. The monoisotopic (exact) mass is 300 g/mol. The summed E-state index contributed by atoms with van der Waals surface area (Å²) >= 11 is 2.10. The number of nitrogens with zero attached hydrogens (tertiary/aromatic N) is 4. The number of aromatic nitrogens is 3. The Kier molecular flexibility index (Phi) is 3.81. The largest absolute Gasteiger partial charge is 0.464 e. The van der Waals surface area contributed by atoms with Gasteiger partial charge in [0.25, 0.3) is 0 Å². The Labute approximate surface area is 115 Å². The van der Waals surface area contributed by atoms with Crippen LogP contribution in [0.15, 0.2) is 21.9 Å². The fourth-order valence-corrected chi connectivity index (χ4v) is 2.95. The SMILES string of the molecule is COC(=O)c1cnc(Sc2ncc([N+](=O)[O-])s2)n1C. The van der Waals surface area contributed by atoms with Gasteiger partial charge in [-0.05, 0) is 23.1 Å². The standard InChI is InChI=1S/C9H8N4O4S2/c1-12-5(7(14)17-2)3-10-8(12)19-9-11-4-6(18-9)13(15)16/h3-4H,1-2H3. The van der Waals surface area contributed by atoms with Crippen molar-refractivity contribution in [1.82, 2.24) is 14.5 Å². The average Bonchev–Trinajstić information content (AvgIpc) is 2.98. The van der Waals surface area contributed by atoms with Gasteiger partial charge >= 0.3 is 11.0 Å². The van der Waals surface area contributed by atoms with Crippen LogP contribution in [0.5, 0.6) is 0 Å². The van der Waals surface area contributed by atoms with Crippen molar-refractivity contribution in [2.75, 3.05) is 7.11 Å². The number of methoxy groups -OCH3 is 1. The van der Waals surface area contributed by atoms with E-state index in [0.29, 0.717) is 15.2 Å². The van der Waals surface area contributed by atoms with Gasteiger partial charge in [-0.1, -0.05) is 0 Å². The number of carbonyl (C=O) groups is 1. The van der Waals surface area contributed by atoms with Crippen molar-refractivity contribution in [2.45, 2.75) is 9.50 Å². The topological polar surface area (TPSA) is 100 Å². The first-order chi connectivity index (χ1) is 9.02. The van der Waals surface area contributed by atoms with E-state index in [1.165, 1.54) is 19.5 Å².